The van der Waals surface area contributed by atoms with E-state index in [1.807, 2.05) is 12.3 Å². The van der Waals surface area contributed by atoms with Crippen LogP contribution >= 0.6 is 10.5 Å². The van der Waals surface area contributed by atoms with E-state index in [9.17, 15) is 0 Å². The topological polar surface area (TPSA) is 40.5 Å². The molecular weight excluding hydrogens is 148 g/mol. The summed E-state index contributed by atoms with van der Waals surface area (Å²) in [6.45, 7) is 2.03. The zero-order chi connectivity index (χ0) is 7.56. The summed E-state index contributed by atoms with van der Waals surface area (Å²) in [5, 5.41) is 23.2. The molecule has 0 radical (unpaired) electrons. The molecule has 1 aliphatic rings. The number of rotatable bonds is 1. The lowest BCUT2D eigenvalue weighted by Crippen LogP contribution is -1.78. The van der Waals surface area contributed by atoms with Gasteiger partial charge in [-0.2, -0.15) is 0 Å². The van der Waals surface area contributed by atoms with Crippen LogP contribution in [-0.2, 0) is 0 Å². The second-order valence-corrected chi connectivity index (χ2v) is 3.61. The Morgan fingerprint density at radius 2 is 1.90 bits per heavy atom. The van der Waals surface area contributed by atoms with Gasteiger partial charge in [-0.15, -0.1) is 10.5 Å². The SMILES string of the molecule is CCC=S1C=C(O)C(O)=C1. The van der Waals surface area contributed by atoms with E-state index in [0.29, 0.717) is 0 Å². The molecule has 3 heteroatoms. The third-order valence-electron chi connectivity index (χ3n) is 1.12. The summed E-state index contributed by atoms with van der Waals surface area (Å²) in [5.74, 6) is 0.0149. The number of aliphatic hydroxyl groups excluding tert-OH is 2. The van der Waals surface area contributed by atoms with E-state index in [2.05, 4.69) is 0 Å². The van der Waals surface area contributed by atoms with Crippen LogP contribution in [0.3, 0.4) is 0 Å². The molecule has 2 nitrogen and oxygen atoms in total. The zero-order valence-electron chi connectivity index (χ0n) is 5.74. The minimum Gasteiger partial charge on any atom is -0.504 e. The monoisotopic (exact) mass is 158 g/mol. The first-order valence-corrected chi connectivity index (χ1v) is 4.51. The average molecular weight is 158 g/mol. The molecule has 0 atom stereocenters. The number of hydrogen-bond acceptors (Lipinski definition) is 2. The molecule has 0 amide bonds. The van der Waals surface area contributed by atoms with E-state index in [1.54, 1.807) is 10.8 Å². The Kier molecular flexibility index (Phi) is 2.17. The van der Waals surface area contributed by atoms with Crippen LogP contribution in [0.1, 0.15) is 13.3 Å². The zero-order valence-corrected chi connectivity index (χ0v) is 6.56. The van der Waals surface area contributed by atoms with Crippen molar-refractivity contribution in [2.45, 2.75) is 13.3 Å². The third-order valence-corrected chi connectivity index (χ3v) is 2.83. The number of aliphatic hydroxyl groups is 2. The maximum atomic E-state index is 8.92. The van der Waals surface area contributed by atoms with Gasteiger partial charge in [-0.05, 0) is 6.42 Å². The highest BCUT2D eigenvalue weighted by Crippen LogP contribution is 2.29. The molecule has 0 aromatic rings. The van der Waals surface area contributed by atoms with Crippen LogP contribution in [0, 0.1) is 0 Å². The van der Waals surface area contributed by atoms with Crippen molar-refractivity contribution in [3.05, 3.63) is 22.3 Å². The Hall–Kier alpha value is -0.700. The van der Waals surface area contributed by atoms with Crippen molar-refractivity contribution in [2.24, 2.45) is 0 Å². The molecule has 0 saturated carbocycles. The normalized spacial score (nSPS) is 18.5. The molecule has 0 unspecified atom stereocenters. The van der Waals surface area contributed by atoms with Crippen LogP contribution in [0.4, 0.5) is 0 Å². The molecule has 2 N–H and O–H groups in total. The van der Waals surface area contributed by atoms with Crippen LogP contribution in [0.5, 0.6) is 0 Å². The molecule has 0 bridgehead atoms. The minimum atomic E-state index is -0.137. The lowest BCUT2D eigenvalue weighted by atomic mass is 10.5. The van der Waals surface area contributed by atoms with E-state index in [4.69, 9.17) is 10.2 Å². The van der Waals surface area contributed by atoms with Crippen molar-refractivity contribution in [2.75, 3.05) is 0 Å². The molecule has 1 aliphatic heterocycles. The fourth-order valence-corrected chi connectivity index (χ4v) is 2.10. The Bertz CT molecular complexity index is 206. The molecule has 56 valence electrons. The van der Waals surface area contributed by atoms with E-state index < -0.39 is 0 Å². The van der Waals surface area contributed by atoms with E-state index in [1.165, 1.54) is 0 Å². The largest absolute Gasteiger partial charge is 0.504 e. The van der Waals surface area contributed by atoms with Crippen LogP contribution in [-0.4, -0.2) is 15.6 Å². The molecule has 1 rings (SSSR count). The molecule has 10 heavy (non-hydrogen) atoms. The first kappa shape index (κ1) is 7.41. The van der Waals surface area contributed by atoms with Crippen molar-refractivity contribution in [3.63, 3.8) is 0 Å². The maximum Gasteiger partial charge on any atom is 0.164 e. The summed E-state index contributed by atoms with van der Waals surface area (Å²) in [6.07, 6.45) is 0.955. The molecule has 0 aromatic heterocycles. The summed E-state index contributed by atoms with van der Waals surface area (Å²) in [5.41, 5.74) is 0. The second kappa shape index (κ2) is 2.92. The lowest BCUT2D eigenvalue weighted by molar-refractivity contribution is 0.330. The van der Waals surface area contributed by atoms with Crippen molar-refractivity contribution >= 4 is 15.9 Å². The standard InChI is InChI=1S/C7H10O2S/c1-2-3-10-4-6(8)7(9)5-10/h3-5,8-9H,2H2,1H3. The summed E-state index contributed by atoms with van der Waals surface area (Å²) in [4.78, 5) is 0. The molecule has 0 spiro atoms. The van der Waals surface area contributed by atoms with Gasteiger partial charge in [-0.25, -0.2) is 0 Å². The van der Waals surface area contributed by atoms with E-state index >= 15 is 0 Å². The smallest absolute Gasteiger partial charge is 0.164 e. The van der Waals surface area contributed by atoms with Gasteiger partial charge in [-0.3, -0.25) is 0 Å². The molecule has 1 heterocycles. The van der Waals surface area contributed by atoms with Crippen molar-refractivity contribution in [3.8, 4) is 0 Å². The summed E-state index contributed by atoms with van der Waals surface area (Å²) in [7, 11) is -0.137. The Balaban J connectivity index is 2.83. The quantitative estimate of drug-likeness (QED) is 0.575. The predicted molar refractivity (Wildman–Crippen MR) is 45.4 cm³/mol. The molecule has 0 saturated heterocycles. The van der Waals surface area contributed by atoms with E-state index in [0.717, 1.165) is 6.42 Å². The lowest BCUT2D eigenvalue weighted by Gasteiger charge is -1.85. The summed E-state index contributed by atoms with van der Waals surface area (Å²) >= 11 is 0. The van der Waals surface area contributed by atoms with Gasteiger partial charge in [0.15, 0.2) is 11.5 Å². The van der Waals surface area contributed by atoms with Crippen LogP contribution in [0.25, 0.3) is 0 Å². The molecule has 0 fully saturated rings. The maximum absolute atomic E-state index is 8.92. The Labute approximate surface area is 62.4 Å². The van der Waals surface area contributed by atoms with Gasteiger partial charge in [0.2, 0.25) is 0 Å². The van der Waals surface area contributed by atoms with Gasteiger partial charge in [0.05, 0.1) is 0 Å². The van der Waals surface area contributed by atoms with Gasteiger partial charge >= 0.3 is 0 Å². The van der Waals surface area contributed by atoms with Gasteiger partial charge < -0.3 is 10.2 Å². The van der Waals surface area contributed by atoms with Crippen molar-refractivity contribution in [1.82, 2.24) is 0 Å². The fourth-order valence-electron chi connectivity index (χ4n) is 0.701. The predicted octanol–water partition coefficient (Wildman–Crippen LogP) is 2.28. The Morgan fingerprint density at radius 3 is 2.30 bits per heavy atom. The molecular formula is C7H10O2S. The van der Waals surface area contributed by atoms with Gasteiger partial charge in [-0.1, -0.05) is 12.3 Å². The van der Waals surface area contributed by atoms with Crippen LogP contribution in [0.2, 0.25) is 0 Å². The summed E-state index contributed by atoms with van der Waals surface area (Å²) < 4.78 is 0. The fraction of sp³-hybridized carbons (Fsp3) is 0.286. The highest BCUT2D eigenvalue weighted by atomic mass is 32.2. The number of hydrogen-bond donors (Lipinski definition) is 2. The van der Waals surface area contributed by atoms with Gasteiger partial charge in [0.25, 0.3) is 0 Å². The van der Waals surface area contributed by atoms with Gasteiger partial charge in [0, 0.05) is 10.8 Å². The van der Waals surface area contributed by atoms with Crippen molar-refractivity contribution < 1.29 is 10.2 Å². The first-order chi connectivity index (χ1) is 4.74. The van der Waals surface area contributed by atoms with Crippen LogP contribution < -0.4 is 0 Å². The third kappa shape index (κ3) is 1.42. The minimum absolute atomic E-state index is 0.00744. The highest BCUT2D eigenvalue weighted by molar-refractivity contribution is 8.20. The second-order valence-electron chi connectivity index (χ2n) is 1.99. The Morgan fingerprint density at radius 1 is 1.40 bits per heavy atom. The molecule has 0 aromatic carbocycles. The first-order valence-electron chi connectivity index (χ1n) is 3.10. The van der Waals surface area contributed by atoms with E-state index in [-0.39, 0.29) is 22.0 Å². The van der Waals surface area contributed by atoms with Gasteiger partial charge in [0.1, 0.15) is 0 Å². The van der Waals surface area contributed by atoms with Crippen LogP contribution in [0.15, 0.2) is 22.3 Å². The summed E-state index contributed by atoms with van der Waals surface area (Å²) in [6, 6.07) is 0. The molecule has 0 aliphatic carbocycles. The average Bonchev–Trinajstić information content (AvgIpc) is 2.14. The van der Waals surface area contributed by atoms with Crippen molar-refractivity contribution in [1.29, 1.82) is 0 Å². The highest BCUT2D eigenvalue weighted by Gasteiger charge is 2.07.